The van der Waals surface area contributed by atoms with Crippen LogP contribution in [-0.4, -0.2) is 17.2 Å². The molecule has 17 heavy (non-hydrogen) atoms. The second kappa shape index (κ2) is 5.73. The third kappa shape index (κ3) is 2.80. The molecule has 0 unspecified atom stereocenters. The summed E-state index contributed by atoms with van der Waals surface area (Å²) in [5.41, 5.74) is 0.653. The Bertz CT molecular complexity index is 550. The lowest BCUT2D eigenvalue weighted by Crippen LogP contribution is -2.27. The fraction of sp³-hybridized carbons (Fsp3) is 0.308. The number of hydrogen-bond donors (Lipinski definition) is 0. The Balaban J connectivity index is 2.25. The minimum absolute atomic E-state index is 0.144. The van der Waals surface area contributed by atoms with E-state index in [1.54, 1.807) is 6.07 Å². The number of alkyl halides is 1. The van der Waals surface area contributed by atoms with E-state index in [1.807, 2.05) is 24.3 Å². The van der Waals surface area contributed by atoms with E-state index in [1.165, 1.54) is 10.8 Å². The summed E-state index contributed by atoms with van der Waals surface area (Å²) in [5.74, 6) is 0.619. The first-order chi connectivity index (χ1) is 8.33. The lowest BCUT2D eigenvalue weighted by molar-refractivity contribution is 0.110. The molecule has 0 saturated heterocycles. The van der Waals surface area contributed by atoms with Gasteiger partial charge >= 0.3 is 0 Å². The van der Waals surface area contributed by atoms with E-state index in [2.05, 4.69) is 0 Å². The van der Waals surface area contributed by atoms with Crippen molar-refractivity contribution in [1.29, 1.82) is 0 Å². The summed E-state index contributed by atoms with van der Waals surface area (Å²) in [6.45, 7) is 0.501. The number of pyridine rings is 1. The van der Waals surface area contributed by atoms with Crippen LogP contribution in [0.1, 0.15) is 12.8 Å². The smallest absolute Gasteiger partial charge is 0.283 e. The Hall–Kier alpha value is -1.48. The maximum Gasteiger partial charge on any atom is 0.283 e. The number of aromatic nitrogens is 1. The fourth-order valence-electron chi connectivity index (χ4n) is 1.65. The van der Waals surface area contributed by atoms with Crippen molar-refractivity contribution < 1.29 is 4.84 Å². The maximum atomic E-state index is 11.7. The standard InChI is InChI=1S/C13H14ClNO2/c14-9-3-4-10-17-15-12-6-2-1-5-11(12)7-8-13(15)16/h1-2,5-8H,3-4,9-10H2. The van der Waals surface area contributed by atoms with Crippen LogP contribution in [0.5, 0.6) is 0 Å². The lowest BCUT2D eigenvalue weighted by Gasteiger charge is -2.10. The zero-order valence-corrected chi connectivity index (χ0v) is 10.2. The van der Waals surface area contributed by atoms with Crippen molar-refractivity contribution >= 4 is 22.5 Å². The Morgan fingerprint density at radius 2 is 1.94 bits per heavy atom. The minimum atomic E-state index is -0.144. The van der Waals surface area contributed by atoms with Crippen LogP contribution in [0.2, 0.25) is 0 Å². The van der Waals surface area contributed by atoms with E-state index in [9.17, 15) is 4.79 Å². The first-order valence-corrected chi connectivity index (χ1v) is 6.16. The van der Waals surface area contributed by atoms with Gasteiger partial charge in [-0.15, -0.1) is 16.3 Å². The molecule has 1 heterocycles. The summed E-state index contributed by atoms with van der Waals surface area (Å²) in [6, 6.07) is 11.0. The van der Waals surface area contributed by atoms with Gasteiger partial charge in [0.25, 0.3) is 5.56 Å². The number of nitrogens with zero attached hydrogens (tertiary/aromatic N) is 1. The van der Waals surface area contributed by atoms with Crippen LogP contribution in [0, 0.1) is 0 Å². The van der Waals surface area contributed by atoms with Gasteiger partial charge in [-0.1, -0.05) is 18.2 Å². The molecule has 0 aliphatic rings. The van der Waals surface area contributed by atoms with Crippen molar-refractivity contribution in [1.82, 2.24) is 4.73 Å². The molecule has 0 amide bonds. The Labute approximate surface area is 105 Å². The van der Waals surface area contributed by atoms with Gasteiger partial charge in [0, 0.05) is 17.3 Å². The summed E-state index contributed by atoms with van der Waals surface area (Å²) >= 11 is 5.59. The summed E-state index contributed by atoms with van der Waals surface area (Å²) < 4.78 is 1.35. The van der Waals surface area contributed by atoms with Crippen LogP contribution in [0.4, 0.5) is 0 Å². The van der Waals surface area contributed by atoms with Crippen molar-refractivity contribution in [3.63, 3.8) is 0 Å². The number of benzene rings is 1. The topological polar surface area (TPSA) is 31.2 Å². The Morgan fingerprint density at radius 1 is 1.12 bits per heavy atom. The molecular formula is C13H14ClNO2. The highest BCUT2D eigenvalue weighted by Gasteiger charge is 2.02. The fourth-order valence-corrected chi connectivity index (χ4v) is 1.84. The van der Waals surface area contributed by atoms with E-state index < -0.39 is 0 Å². The number of hydrogen-bond acceptors (Lipinski definition) is 2. The molecule has 0 N–H and O–H groups in total. The average molecular weight is 252 g/mol. The van der Waals surface area contributed by atoms with Gasteiger partial charge in [-0.25, -0.2) is 0 Å². The Kier molecular flexibility index (Phi) is 4.04. The molecule has 1 aromatic carbocycles. The van der Waals surface area contributed by atoms with E-state index in [0.717, 1.165) is 23.7 Å². The highest BCUT2D eigenvalue weighted by atomic mass is 35.5. The number of fused-ring (bicyclic) bond motifs is 1. The summed E-state index contributed by atoms with van der Waals surface area (Å²) in [4.78, 5) is 17.2. The minimum Gasteiger partial charge on any atom is -0.410 e. The molecule has 90 valence electrons. The summed E-state index contributed by atoms with van der Waals surface area (Å²) in [7, 11) is 0. The van der Waals surface area contributed by atoms with Gasteiger partial charge in [-0.05, 0) is 25.0 Å². The first-order valence-electron chi connectivity index (χ1n) is 5.63. The van der Waals surface area contributed by atoms with Crippen molar-refractivity contribution in [3.8, 4) is 0 Å². The van der Waals surface area contributed by atoms with Gasteiger partial charge in [-0.2, -0.15) is 0 Å². The zero-order chi connectivity index (χ0) is 12.1. The largest absolute Gasteiger partial charge is 0.410 e. The first kappa shape index (κ1) is 12.0. The Morgan fingerprint density at radius 3 is 2.76 bits per heavy atom. The summed E-state index contributed by atoms with van der Waals surface area (Å²) in [6.07, 6.45) is 1.74. The number of unbranched alkanes of at least 4 members (excludes halogenated alkanes) is 1. The monoisotopic (exact) mass is 251 g/mol. The predicted octanol–water partition coefficient (Wildman–Crippen LogP) is 2.45. The molecule has 0 aliphatic heterocycles. The molecule has 4 heteroatoms. The van der Waals surface area contributed by atoms with E-state index in [4.69, 9.17) is 16.4 Å². The molecule has 0 spiro atoms. The number of halogens is 1. The zero-order valence-electron chi connectivity index (χ0n) is 9.43. The predicted molar refractivity (Wildman–Crippen MR) is 69.6 cm³/mol. The van der Waals surface area contributed by atoms with Crippen molar-refractivity contribution in [2.24, 2.45) is 0 Å². The average Bonchev–Trinajstić information content (AvgIpc) is 2.37. The van der Waals surface area contributed by atoms with Crippen LogP contribution in [0.25, 0.3) is 10.9 Å². The van der Waals surface area contributed by atoms with Gasteiger partial charge in [0.2, 0.25) is 0 Å². The second-order valence-electron chi connectivity index (χ2n) is 3.75. The third-order valence-corrected chi connectivity index (χ3v) is 2.78. The molecule has 0 radical (unpaired) electrons. The normalized spacial score (nSPS) is 10.6. The van der Waals surface area contributed by atoms with Gasteiger partial charge in [-0.3, -0.25) is 4.79 Å². The molecule has 2 rings (SSSR count). The van der Waals surface area contributed by atoms with Crippen LogP contribution < -0.4 is 10.4 Å². The number of rotatable bonds is 5. The summed E-state index contributed by atoms with van der Waals surface area (Å²) in [5, 5.41) is 0.990. The highest BCUT2D eigenvalue weighted by Crippen LogP contribution is 2.09. The van der Waals surface area contributed by atoms with Crippen molar-refractivity contribution in [2.45, 2.75) is 12.8 Å². The SMILES string of the molecule is O=c1ccc2ccccc2n1OCCCCCl. The van der Waals surface area contributed by atoms with Crippen molar-refractivity contribution in [2.75, 3.05) is 12.5 Å². The third-order valence-electron chi connectivity index (χ3n) is 2.51. The molecule has 3 nitrogen and oxygen atoms in total. The van der Waals surface area contributed by atoms with E-state index >= 15 is 0 Å². The van der Waals surface area contributed by atoms with Crippen LogP contribution in [-0.2, 0) is 0 Å². The van der Waals surface area contributed by atoms with Gasteiger partial charge in [0.15, 0.2) is 0 Å². The maximum absolute atomic E-state index is 11.7. The molecule has 1 aromatic heterocycles. The molecule has 0 fully saturated rings. The van der Waals surface area contributed by atoms with Crippen molar-refractivity contribution in [3.05, 3.63) is 46.8 Å². The van der Waals surface area contributed by atoms with Gasteiger partial charge < -0.3 is 4.84 Å². The second-order valence-corrected chi connectivity index (χ2v) is 4.13. The van der Waals surface area contributed by atoms with Gasteiger partial charge in [0.05, 0.1) is 5.52 Å². The highest BCUT2D eigenvalue weighted by molar-refractivity contribution is 6.17. The molecular weight excluding hydrogens is 238 g/mol. The molecule has 0 atom stereocenters. The molecule has 0 saturated carbocycles. The number of para-hydroxylation sites is 1. The van der Waals surface area contributed by atoms with E-state index in [0.29, 0.717) is 12.5 Å². The van der Waals surface area contributed by atoms with Crippen LogP contribution in [0.3, 0.4) is 0 Å². The van der Waals surface area contributed by atoms with Gasteiger partial charge in [0.1, 0.15) is 6.61 Å². The molecule has 0 aliphatic carbocycles. The van der Waals surface area contributed by atoms with E-state index in [-0.39, 0.29) is 5.56 Å². The lowest BCUT2D eigenvalue weighted by atomic mass is 10.2. The molecule has 0 bridgehead atoms. The quantitative estimate of drug-likeness (QED) is 0.604. The van der Waals surface area contributed by atoms with Crippen LogP contribution in [0.15, 0.2) is 41.2 Å². The van der Waals surface area contributed by atoms with Crippen LogP contribution >= 0.6 is 11.6 Å². The molecule has 2 aromatic rings.